The number of nitrogens with zero attached hydrogens (tertiary/aromatic N) is 2. The van der Waals surface area contributed by atoms with E-state index in [-0.39, 0.29) is 0 Å². The highest BCUT2D eigenvalue weighted by atomic mass is 15.2. The van der Waals surface area contributed by atoms with E-state index < -0.39 is 0 Å². The largest absolute Gasteiger partial charge is 0.356 e. The maximum Gasteiger partial charge on any atom is 0.120 e. The maximum atomic E-state index is 4.62. The van der Waals surface area contributed by atoms with Gasteiger partial charge in [0.2, 0.25) is 0 Å². The first-order valence-electron chi connectivity index (χ1n) is 7.63. The first-order valence-corrected chi connectivity index (χ1v) is 7.63. The molecule has 2 heteroatoms. The highest BCUT2D eigenvalue weighted by Crippen LogP contribution is 2.31. The van der Waals surface area contributed by atoms with E-state index in [2.05, 4.69) is 36.0 Å². The fraction of sp³-hybridized carbons (Fsp3) is 0.812. The number of rotatable bonds is 0. The first kappa shape index (κ1) is 13.6. The molecule has 1 saturated heterocycles. The molecule has 0 aliphatic carbocycles. The van der Waals surface area contributed by atoms with Crippen LogP contribution in [0.3, 0.4) is 0 Å². The van der Waals surface area contributed by atoms with E-state index in [1.54, 1.807) is 0 Å². The van der Waals surface area contributed by atoms with E-state index in [4.69, 9.17) is 0 Å². The molecule has 0 saturated carbocycles. The van der Waals surface area contributed by atoms with Crippen LogP contribution in [0, 0.1) is 5.41 Å². The van der Waals surface area contributed by atoms with E-state index >= 15 is 0 Å². The Balaban J connectivity index is 1.90. The Morgan fingerprint density at radius 3 is 2.67 bits per heavy atom. The van der Waals surface area contributed by atoms with Crippen LogP contribution in [-0.4, -0.2) is 23.8 Å². The molecule has 2 rings (SSSR count). The Morgan fingerprint density at radius 2 is 1.83 bits per heavy atom. The second-order valence-electron chi connectivity index (χ2n) is 6.58. The predicted octanol–water partition coefficient (Wildman–Crippen LogP) is 4.37. The third kappa shape index (κ3) is 4.15. The fourth-order valence-electron chi connectivity index (χ4n) is 3.08. The van der Waals surface area contributed by atoms with Crippen molar-refractivity contribution in [1.82, 2.24) is 4.90 Å². The molecule has 102 valence electrons. The Morgan fingerprint density at radius 1 is 1.06 bits per heavy atom. The summed E-state index contributed by atoms with van der Waals surface area (Å²) in [5, 5.41) is 0. The Labute approximate surface area is 112 Å². The molecular formula is C16H28N2. The first-order chi connectivity index (χ1) is 8.67. The molecule has 2 nitrogen and oxygen atoms in total. The topological polar surface area (TPSA) is 15.6 Å². The number of aliphatic imine (C=N–C) groups is 1. The van der Waals surface area contributed by atoms with Crippen molar-refractivity contribution in [2.24, 2.45) is 10.4 Å². The smallest absolute Gasteiger partial charge is 0.120 e. The van der Waals surface area contributed by atoms with Crippen molar-refractivity contribution in [3.63, 3.8) is 0 Å². The Hall–Kier alpha value is -0.790. The summed E-state index contributed by atoms with van der Waals surface area (Å²) in [6.07, 6.45) is 17.4. The third-order valence-corrected chi connectivity index (χ3v) is 4.34. The molecule has 2 heterocycles. The number of hydrogen-bond donors (Lipinski definition) is 0. The van der Waals surface area contributed by atoms with Crippen LogP contribution in [0.25, 0.3) is 0 Å². The van der Waals surface area contributed by atoms with Gasteiger partial charge in [-0.2, -0.15) is 0 Å². The van der Waals surface area contributed by atoms with Crippen molar-refractivity contribution in [2.75, 3.05) is 6.54 Å². The molecule has 1 unspecified atom stereocenters. The molecule has 0 aromatic heterocycles. The van der Waals surface area contributed by atoms with Gasteiger partial charge < -0.3 is 4.90 Å². The molecule has 0 aromatic rings. The zero-order valence-corrected chi connectivity index (χ0v) is 12.1. The van der Waals surface area contributed by atoms with E-state index in [1.807, 2.05) is 6.21 Å². The number of fused-ring (bicyclic) bond motifs is 1. The van der Waals surface area contributed by atoms with Gasteiger partial charge in [-0.3, -0.25) is 4.99 Å². The fourth-order valence-corrected chi connectivity index (χ4v) is 3.08. The molecule has 0 spiro atoms. The molecule has 0 radical (unpaired) electrons. The van der Waals surface area contributed by atoms with Crippen molar-refractivity contribution in [1.29, 1.82) is 0 Å². The highest BCUT2D eigenvalue weighted by molar-refractivity contribution is 5.71. The zero-order chi connectivity index (χ0) is 12.8. The lowest BCUT2D eigenvalue weighted by molar-refractivity contribution is 0.228. The SMILES string of the molecule is CC1(C)CCCCCC2N=CC=CN2CCCC1. The molecule has 2 aliphatic rings. The van der Waals surface area contributed by atoms with Gasteiger partial charge in [-0.15, -0.1) is 0 Å². The molecule has 0 N–H and O–H groups in total. The number of allylic oxidation sites excluding steroid dienone is 1. The van der Waals surface area contributed by atoms with Crippen molar-refractivity contribution >= 4 is 6.21 Å². The Bertz CT molecular complexity index is 304. The molecule has 0 aromatic carbocycles. The van der Waals surface area contributed by atoms with E-state index in [1.165, 1.54) is 57.9 Å². The average Bonchev–Trinajstić information content (AvgIpc) is 2.34. The summed E-state index contributed by atoms with van der Waals surface area (Å²) in [4.78, 5) is 7.06. The van der Waals surface area contributed by atoms with Crippen LogP contribution >= 0.6 is 0 Å². The van der Waals surface area contributed by atoms with E-state index in [9.17, 15) is 0 Å². The van der Waals surface area contributed by atoms with Crippen LogP contribution in [0.5, 0.6) is 0 Å². The van der Waals surface area contributed by atoms with Gasteiger partial charge in [0.1, 0.15) is 6.17 Å². The van der Waals surface area contributed by atoms with Gasteiger partial charge in [0.15, 0.2) is 0 Å². The average molecular weight is 248 g/mol. The minimum atomic E-state index is 0.419. The van der Waals surface area contributed by atoms with Crippen LogP contribution < -0.4 is 0 Å². The van der Waals surface area contributed by atoms with Gasteiger partial charge in [0.25, 0.3) is 0 Å². The van der Waals surface area contributed by atoms with Crippen molar-refractivity contribution < 1.29 is 0 Å². The minimum Gasteiger partial charge on any atom is -0.356 e. The van der Waals surface area contributed by atoms with Gasteiger partial charge in [-0.25, -0.2) is 0 Å². The molecule has 1 fully saturated rings. The van der Waals surface area contributed by atoms with Gasteiger partial charge in [-0.05, 0) is 43.6 Å². The van der Waals surface area contributed by atoms with Crippen molar-refractivity contribution in [3.8, 4) is 0 Å². The van der Waals surface area contributed by atoms with Gasteiger partial charge >= 0.3 is 0 Å². The van der Waals surface area contributed by atoms with Crippen LogP contribution in [0.1, 0.15) is 65.2 Å². The minimum absolute atomic E-state index is 0.419. The van der Waals surface area contributed by atoms with Crippen molar-refractivity contribution in [2.45, 2.75) is 71.4 Å². The summed E-state index contributed by atoms with van der Waals surface area (Å²) < 4.78 is 0. The second kappa shape index (κ2) is 6.40. The lowest BCUT2D eigenvalue weighted by Gasteiger charge is -2.31. The summed E-state index contributed by atoms with van der Waals surface area (Å²) >= 11 is 0. The van der Waals surface area contributed by atoms with Crippen LogP contribution in [-0.2, 0) is 0 Å². The standard InChI is InChI=1S/C16H28N2/c1-16(2)10-5-3-4-9-15-17-12-8-14-18(15)13-7-6-11-16/h8,12,14-15H,3-7,9-11,13H2,1-2H3. The highest BCUT2D eigenvalue weighted by Gasteiger charge is 2.20. The normalized spacial score (nSPS) is 29.2. The van der Waals surface area contributed by atoms with E-state index in [0.29, 0.717) is 11.6 Å². The molecule has 1 atom stereocenters. The zero-order valence-electron chi connectivity index (χ0n) is 12.1. The number of hydrogen-bond acceptors (Lipinski definition) is 2. The molecule has 18 heavy (non-hydrogen) atoms. The monoisotopic (exact) mass is 248 g/mol. The molecule has 0 amide bonds. The quantitative estimate of drug-likeness (QED) is 0.621. The second-order valence-corrected chi connectivity index (χ2v) is 6.58. The third-order valence-electron chi connectivity index (χ3n) is 4.34. The summed E-state index contributed by atoms with van der Waals surface area (Å²) in [6.45, 7) is 6.05. The summed E-state index contributed by atoms with van der Waals surface area (Å²) in [7, 11) is 0. The van der Waals surface area contributed by atoms with Crippen molar-refractivity contribution in [3.05, 3.63) is 12.3 Å². The molecule has 0 bridgehead atoms. The predicted molar refractivity (Wildman–Crippen MR) is 78.8 cm³/mol. The van der Waals surface area contributed by atoms with Crippen LogP contribution in [0.4, 0.5) is 0 Å². The summed E-state index contributed by atoms with van der Waals surface area (Å²) in [5.41, 5.74) is 0.550. The van der Waals surface area contributed by atoms with Gasteiger partial charge in [-0.1, -0.05) is 33.1 Å². The molecule has 2 aliphatic heterocycles. The molecular weight excluding hydrogens is 220 g/mol. The lowest BCUT2D eigenvalue weighted by Crippen LogP contribution is -2.32. The maximum absolute atomic E-state index is 4.62. The van der Waals surface area contributed by atoms with E-state index in [0.717, 1.165) is 0 Å². The summed E-state index contributed by atoms with van der Waals surface area (Å²) in [6, 6.07) is 0. The van der Waals surface area contributed by atoms with Gasteiger partial charge in [0, 0.05) is 19.0 Å². The van der Waals surface area contributed by atoms with Gasteiger partial charge in [0.05, 0.1) is 0 Å². The van der Waals surface area contributed by atoms with Crippen LogP contribution in [0.15, 0.2) is 17.3 Å². The summed E-state index contributed by atoms with van der Waals surface area (Å²) in [5.74, 6) is 0. The lowest BCUT2D eigenvalue weighted by atomic mass is 9.82. The Kier molecular flexibility index (Phi) is 4.85. The van der Waals surface area contributed by atoms with Crippen LogP contribution in [0.2, 0.25) is 0 Å².